The zero-order valence-corrected chi connectivity index (χ0v) is 29.7. The number of hydrogen-bond donors (Lipinski definition) is 10. The Balaban J connectivity index is 1.37. The number of nitrogens with two attached hydrogens (primary N) is 1. The first-order chi connectivity index (χ1) is 24.9. The molecule has 2 aromatic carbocycles. The number of primary amides is 1. The molecule has 53 heavy (non-hydrogen) atoms. The van der Waals surface area contributed by atoms with Crippen LogP contribution >= 0.6 is 0 Å². The molecule has 0 unspecified atom stereocenters. The summed E-state index contributed by atoms with van der Waals surface area (Å²) in [5.74, 6) is -7.35. The summed E-state index contributed by atoms with van der Waals surface area (Å²) in [7, 11) is 6.61. The number of carbonyl (C=O) groups excluding carboxylic acids is 3. The molecule has 2 fully saturated rings. The maximum atomic E-state index is 14.3. The molecule has 1 heterocycles. The molecule has 0 aromatic heterocycles. The van der Waals surface area contributed by atoms with E-state index in [0.717, 1.165) is 0 Å². The van der Waals surface area contributed by atoms with Gasteiger partial charge >= 0.3 is 0 Å². The highest BCUT2D eigenvalue weighted by molar-refractivity contribution is 6.24. The first-order valence-corrected chi connectivity index (χ1v) is 17.3. The van der Waals surface area contributed by atoms with Crippen molar-refractivity contribution in [1.82, 2.24) is 4.90 Å². The number of aliphatic hydroxyl groups is 7. The van der Waals surface area contributed by atoms with Crippen LogP contribution in [0.5, 0.6) is 5.75 Å². The van der Waals surface area contributed by atoms with Crippen molar-refractivity contribution >= 4 is 34.6 Å². The fourth-order valence-corrected chi connectivity index (χ4v) is 8.51. The molecule has 11 N–H and O–H groups in total. The second-order valence-electron chi connectivity index (χ2n) is 14.7. The number of benzene rings is 2. The van der Waals surface area contributed by atoms with Crippen LogP contribution in [0, 0.1) is 11.8 Å². The zero-order valence-electron chi connectivity index (χ0n) is 29.7. The quantitative estimate of drug-likeness (QED) is 0.110. The highest BCUT2D eigenvalue weighted by Gasteiger charge is 2.64. The van der Waals surface area contributed by atoms with Crippen LogP contribution in [-0.2, 0) is 38.5 Å². The highest BCUT2D eigenvalue weighted by Crippen LogP contribution is 2.54. The SMILES string of the molecule is CN(C)c1cc(NCc2ccccc2C[C@H]2O[C@@H](CO)[C@@H](O)[C@@H](O)[C@H]2O)c(O)c2c1C[C@H]1C[C@H]3[C@H](N(C)C)C(=O)C(C(N)=O)=C(O)[C@@]3(O)C(=O)C1=C2O. The second-order valence-corrected chi connectivity index (χ2v) is 14.7. The van der Waals surface area contributed by atoms with Crippen LogP contribution in [0.25, 0.3) is 5.76 Å². The molecule has 16 nitrogen and oxygen atoms in total. The van der Waals surface area contributed by atoms with Crippen molar-refractivity contribution in [2.75, 3.05) is 45.0 Å². The van der Waals surface area contributed by atoms with E-state index in [-0.39, 0.29) is 42.6 Å². The molecule has 6 rings (SSSR count). The number of Topliss-reactive ketones (excluding diaryl/α,β-unsaturated/α-hetero) is 2. The Labute approximate surface area is 305 Å². The molecule has 9 atom stereocenters. The molecule has 2 aromatic rings. The van der Waals surface area contributed by atoms with Crippen LogP contribution in [0.2, 0.25) is 0 Å². The average Bonchev–Trinajstić information content (AvgIpc) is 3.09. The van der Waals surface area contributed by atoms with Crippen LogP contribution in [0.3, 0.4) is 0 Å². The van der Waals surface area contributed by atoms with Gasteiger partial charge in [-0.05, 0) is 55.6 Å². The van der Waals surface area contributed by atoms with Gasteiger partial charge in [0.1, 0.15) is 47.3 Å². The van der Waals surface area contributed by atoms with Crippen molar-refractivity contribution in [3.05, 3.63) is 69.5 Å². The number of likely N-dealkylation sites (N-methyl/N-ethyl adjacent to an activating group) is 1. The Morgan fingerprint density at radius 3 is 2.25 bits per heavy atom. The van der Waals surface area contributed by atoms with Crippen LogP contribution < -0.4 is 16.0 Å². The number of ether oxygens (including phenoxy) is 1. The smallest absolute Gasteiger partial charge is 0.255 e. The molecule has 1 aliphatic heterocycles. The van der Waals surface area contributed by atoms with Gasteiger partial charge < -0.3 is 61.5 Å². The molecule has 3 aliphatic carbocycles. The molecular formula is C37H46N4O12. The third-order valence-electron chi connectivity index (χ3n) is 11.2. The summed E-state index contributed by atoms with van der Waals surface area (Å²) in [6.45, 7) is -0.449. The van der Waals surface area contributed by atoms with Crippen molar-refractivity contribution < 1.29 is 60.0 Å². The number of carbonyl (C=O) groups is 3. The summed E-state index contributed by atoms with van der Waals surface area (Å²) in [5.41, 5.74) is 4.13. The largest absolute Gasteiger partial charge is 0.508 e. The van der Waals surface area contributed by atoms with Gasteiger partial charge in [0, 0.05) is 44.2 Å². The fourth-order valence-electron chi connectivity index (χ4n) is 8.51. The minimum Gasteiger partial charge on any atom is -0.508 e. The van der Waals surface area contributed by atoms with E-state index >= 15 is 0 Å². The minimum absolute atomic E-state index is 0.0371. The van der Waals surface area contributed by atoms with Gasteiger partial charge in [-0.1, -0.05) is 24.3 Å². The van der Waals surface area contributed by atoms with Crippen molar-refractivity contribution in [2.24, 2.45) is 17.6 Å². The van der Waals surface area contributed by atoms with E-state index in [0.29, 0.717) is 22.4 Å². The Bertz CT molecular complexity index is 1910. The number of phenols is 1. The van der Waals surface area contributed by atoms with Crippen molar-refractivity contribution in [1.29, 1.82) is 0 Å². The number of amides is 1. The lowest BCUT2D eigenvalue weighted by atomic mass is 9.57. The molecule has 0 spiro atoms. The lowest BCUT2D eigenvalue weighted by molar-refractivity contribution is -0.228. The Hall–Kier alpha value is -4.55. The molecule has 1 saturated carbocycles. The van der Waals surface area contributed by atoms with E-state index in [4.69, 9.17) is 10.5 Å². The molecule has 1 saturated heterocycles. The number of phenolic OH excluding ortho intramolecular Hbond substituents is 1. The summed E-state index contributed by atoms with van der Waals surface area (Å²) in [4.78, 5) is 43.2. The van der Waals surface area contributed by atoms with Gasteiger partial charge in [-0.2, -0.15) is 0 Å². The standard InChI is InChI=1S/C37H46N4O12/c1-40(2)21-12-20(39-13-16-8-6-5-7-15(16)11-22-29(44)33(48)30(45)23(14-42)53-22)28(43)25-18(21)9-17-10-19-27(41(3)4)32(47)26(36(38)51)35(50)37(19,52)34(49)24(17)31(25)46/h5-8,12,17,19,22-23,27,29-30,33,39,42-46,48,50,52H,9-11,13-14H2,1-4H3,(H2,38,51)/t17-,19-,22+,23-,27-,29-,30+,33-,37-/m0/s1. The summed E-state index contributed by atoms with van der Waals surface area (Å²) in [5, 5.41) is 90.5. The van der Waals surface area contributed by atoms with Crippen LogP contribution in [0.1, 0.15) is 28.7 Å². The van der Waals surface area contributed by atoms with Gasteiger partial charge in [-0.15, -0.1) is 0 Å². The molecular weight excluding hydrogens is 692 g/mol. The number of aromatic hydroxyl groups is 1. The molecule has 0 bridgehead atoms. The number of nitrogens with one attached hydrogen (secondary N) is 1. The van der Waals surface area contributed by atoms with E-state index < -0.39 is 101 Å². The van der Waals surface area contributed by atoms with E-state index in [1.54, 1.807) is 49.3 Å². The minimum atomic E-state index is -2.76. The molecule has 1 amide bonds. The van der Waals surface area contributed by atoms with E-state index in [1.807, 2.05) is 0 Å². The predicted octanol–water partition coefficient (Wildman–Crippen LogP) is -0.973. The number of fused-ring (bicyclic) bond motifs is 3. The van der Waals surface area contributed by atoms with E-state index in [9.17, 15) is 55.2 Å². The van der Waals surface area contributed by atoms with Gasteiger partial charge in [-0.25, -0.2) is 0 Å². The van der Waals surface area contributed by atoms with Gasteiger partial charge in [0.15, 0.2) is 11.4 Å². The summed E-state index contributed by atoms with van der Waals surface area (Å²) in [6, 6.07) is 7.63. The van der Waals surface area contributed by atoms with Crippen LogP contribution in [-0.4, -0.2) is 140 Å². The van der Waals surface area contributed by atoms with Crippen LogP contribution in [0.4, 0.5) is 11.4 Å². The predicted molar refractivity (Wildman–Crippen MR) is 190 cm³/mol. The molecule has 16 heteroatoms. The topological polar surface area (TPSA) is 267 Å². The Kier molecular flexibility index (Phi) is 10.1. The summed E-state index contributed by atoms with van der Waals surface area (Å²) >= 11 is 0. The summed E-state index contributed by atoms with van der Waals surface area (Å²) in [6.07, 6.45) is -6.28. The van der Waals surface area contributed by atoms with E-state index in [1.165, 1.54) is 19.0 Å². The maximum absolute atomic E-state index is 14.3. The number of aliphatic hydroxyl groups excluding tert-OH is 6. The van der Waals surface area contributed by atoms with Crippen molar-refractivity contribution in [3.8, 4) is 5.75 Å². The number of hydrogen-bond acceptors (Lipinski definition) is 15. The lowest BCUT2D eigenvalue weighted by Crippen LogP contribution is -2.65. The normalized spacial score (nSPS) is 31.3. The Morgan fingerprint density at radius 2 is 1.64 bits per heavy atom. The highest BCUT2D eigenvalue weighted by atomic mass is 16.5. The monoisotopic (exact) mass is 738 g/mol. The first-order valence-electron chi connectivity index (χ1n) is 17.3. The third-order valence-corrected chi connectivity index (χ3v) is 11.2. The van der Waals surface area contributed by atoms with Crippen LogP contribution in [0.15, 0.2) is 47.2 Å². The van der Waals surface area contributed by atoms with Gasteiger partial charge in [0.25, 0.3) is 5.91 Å². The fraction of sp³-hybridized carbons (Fsp3) is 0.486. The number of ketones is 2. The average molecular weight is 739 g/mol. The van der Waals surface area contributed by atoms with Gasteiger partial charge in [0.2, 0.25) is 5.78 Å². The molecule has 0 radical (unpaired) electrons. The number of anilines is 2. The van der Waals surface area contributed by atoms with E-state index in [2.05, 4.69) is 5.32 Å². The zero-order chi connectivity index (χ0) is 38.8. The first kappa shape index (κ1) is 38.2. The Morgan fingerprint density at radius 1 is 1.00 bits per heavy atom. The number of nitrogens with zero attached hydrogens (tertiary/aromatic N) is 2. The van der Waals surface area contributed by atoms with Gasteiger partial charge in [-0.3, -0.25) is 19.3 Å². The molecule has 286 valence electrons. The summed E-state index contributed by atoms with van der Waals surface area (Å²) < 4.78 is 5.71. The van der Waals surface area contributed by atoms with Crippen molar-refractivity contribution in [3.63, 3.8) is 0 Å². The lowest BCUT2D eigenvalue weighted by Gasteiger charge is -2.50. The third kappa shape index (κ3) is 6.03. The van der Waals surface area contributed by atoms with Gasteiger partial charge in [0.05, 0.1) is 30.0 Å². The molecule has 4 aliphatic rings. The maximum Gasteiger partial charge on any atom is 0.255 e. The van der Waals surface area contributed by atoms with Crippen molar-refractivity contribution in [2.45, 2.75) is 68.0 Å². The second kappa shape index (κ2) is 14.0. The number of rotatable bonds is 9.